The summed E-state index contributed by atoms with van der Waals surface area (Å²) in [6.07, 6.45) is 4.88. The summed E-state index contributed by atoms with van der Waals surface area (Å²) in [5.41, 5.74) is 2.70. The van der Waals surface area contributed by atoms with Crippen LogP contribution in [0.15, 0.2) is 42.5 Å². The van der Waals surface area contributed by atoms with Gasteiger partial charge in [0.2, 0.25) is 5.91 Å². The Morgan fingerprint density at radius 3 is 2.61 bits per heavy atom. The summed E-state index contributed by atoms with van der Waals surface area (Å²) in [7, 11) is 0. The average molecular weight is 381 g/mol. The predicted octanol–water partition coefficient (Wildman–Crippen LogP) is 3.96. The second kappa shape index (κ2) is 8.39. The van der Waals surface area contributed by atoms with Gasteiger partial charge in [-0.15, -0.1) is 0 Å². The van der Waals surface area contributed by atoms with Crippen molar-refractivity contribution in [2.75, 3.05) is 19.6 Å². The van der Waals surface area contributed by atoms with Crippen molar-refractivity contribution in [3.8, 4) is 0 Å². The molecule has 5 heteroatoms. The average Bonchev–Trinajstić information content (AvgIpc) is 3.20. The van der Waals surface area contributed by atoms with E-state index in [4.69, 9.17) is 4.98 Å². The smallest absolute Gasteiger partial charge is 0.219 e. The maximum atomic E-state index is 14.0. The molecular formula is C23H28FN3O. The quantitative estimate of drug-likeness (QED) is 0.804. The minimum atomic E-state index is -0.172. The third-order valence-electron chi connectivity index (χ3n) is 6.17. The normalized spacial score (nSPS) is 21.2. The molecule has 0 saturated carbocycles. The van der Waals surface area contributed by atoms with E-state index in [0.717, 1.165) is 50.3 Å². The van der Waals surface area contributed by atoms with Crippen LogP contribution in [0.5, 0.6) is 0 Å². The van der Waals surface area contributed by atoms with Gasteiger partial charge < -0.3 is 4.90 Å². The largest absolute Gasteiger partial charge is 0.343 e. The molecule has 0 N–H and O–H groups in total. The highest BCUT2D eigenvalue weighted by Gasteiger charge is 2.34. The second-order valence-electron chi connectivity index (χ2n) is 7.96. The molecule has 2 aliphatic heterocycles. The number of nitrogens with zero attached hydrogens (tertiary/aromatic N) is 3. The van der Waals surface area contributed by atoms with Crippen LogP contribution in [0.4, 0.5) is 4.39 Å². The van der Waals surface area contributed by atoms with E-state index < -0.39 is 0 Å². The van der Waals surface area contributed by atoms with Crippen LogP contribution in [0.2, 0.25) is 0 Å². The minimum Gasteiger partial charge on any atom is -0.343 e. The Balaban J connectivity index is 1.47. The van der Waals surface area contributed by atoms with Crippen LogP contribution < -0.4 is 0 Å². The number of pyridine rings is 1. The summed E-state index contributed by atoms with van der Waals surface area (Å²) >= 11 is 0. The van der Waals surface area contributed by atoms with Gasteiger partial charge in [-0.2, -0.15) is 0 Å². The van der Waals surface area contributed by atoms with Gasteiger partial charge in [-0.05, 0) is 56.0 Å². The molecule has 2 aromatic rings. The lowest BCUT2D eigenvalue weighted by atomic mass is 10.0. The summed E-state index contributed by atoms with van der Waals surface area (Å²) in [6.45, 7) is 4.45. The molecule has 2 fully saturated rings. The molecule has 0 radical (unpaired) electrons. The standard InChI is InChI=1S/C23H28FN3O/c1-17(28)26-14-11-20(12-15-26)27-13-5-10-23(27)22-9-4-7-19(25-22)16-18-6-2-3-8-21(18)24/h2-4,6-9,20,23H,5,10-16H2,1H3. The number of benzene rings is 1. The number of rotatable bonds is 4. The Hall–Kier alpha value is -2.27. The second-order valence-corrected chi connectivity index (χ2v) is 7.96. The van der Waals surface area contributed by atoms with Crippen LogP contribution in [0, 0.1) is 5.82 Å². The van der Waals surface area contributed by atoms with Crippen molar-refractivity contribution >= 4 is 5.91 Å². The first kappa shape index (κ1) is 19.1. The van der Waals surface area contributed by atoms with E-state index in [1.165, 1.54) is 12.5 Å². The number of carbonyl (C=O) groups is 1. The summed E-state index contributed by atoms with van der Waals surface area (Å²) in [6, 6.07) is 13.9. The van der Waals surface area contributed by atoms with Crippen LogP contribution in [0.1, 0.15) is 55.6 Å². The topological polar surface area (TPSA) is 36.4 Å². The van der Waals surface area contributed by atoms with Crippen molar-refractivity contribution in [2.45, 2.75) is 51.1 Å². The molecule has 1 unspecified atom stereocenters. The molecule has 0 bridgehead atoms. The molecule has 1 amide bonds. The van der Waals surface area contributed by atoms with Crippen LogP contribution in [-0.4, -0.2) is 46.4 Å². The molecule has 1 aromatic heterocycles. The van der Waals surface area contributed by atoms with Gasteiger partial charge in [-0.1, -0.05) is 24.3 Å². The van der Waals surface area contributed by atoms with Gasteiger partial charge in [0, 0.05) is 38.2 Å². The highest BCUT2D eigenvalue weighted by atomic mass is 19.1. The molecule has 2 aliphatic rings. The molecular weight excluding hydrogens is 353 g/mol. The van der Waals surface area contributed by atoms with Crippen molar-refractivity contribution in [1.82, 2.24) is 14.8 Å². The monoisotopic (exact) mass is 381 g/mol. The molecule has 3 heterocycles. The highest BCUT2D eigenvalue weighted by molar-refractivity contribution is 5.73. The Morgan fingerprint density at radius 1 is 1.07 bits per heavy atom. The number of amides is 1. The van der Waals surface area contributed by atoms with Crippen molar-refractivity contribution in [2.24, 2.45) is 0 Å². The molecule has 2 saturated heterocycles. The Morgan fingerprint density at radius 2 is 1.86 bits per heavy atom. The lowest BCUT2D eigenvalue weighted by Gasteiger charge is -2.39. The SMILES string of the molecule is CC(=O)N1CCC(N2CCCC2c2cccc(Cc3ccccc3F)n2)CC1. The van der Waals surface area contributed by atoms with E-state index in [1.807, 2.05) is 29.2 Å². The highest BCUT2D eigenvalue weighted by Crippen LogP contribution is 2.35. The van der Waals surface area contributed by atoms with Gasteiger partial charge in [0.15, 0.2) is 0 Å². The Bertz CT molecular complexity index is 832. The van der Waals surface area contributed by atoms with Crippen molar-refractivity contribution in [3.05, 3.63) is 65.2 Å². The van der Waals surface area contributed by atoms with E-state index in [-0.39, 0.29) is 11.7 Å². The minimum absolute atomic E-state index is 0.172. The van der Waals surface area contributed by atoms with E-state index in [1.54, 1.807) is 13.0 Å². The Kier molecular flexibility index (Phi) is 5.72. The molecule has 4 nitrogen and oxygen atoms in total. The lowest BCUT2D eigenvalue weighted by Crippen LogP contribution is -2.46. The maximum absolute atomic E-state index is 14.0. The van der Waals surface area contributed by atoms with Crippen molar-refractivity contribution < 1.29 is 9.18 Å². The number of hydrogen-bond donors (Lipinski definition) is 0. The number of piperidine rings is 1. The summed E-state index contributed by atoms with van der Waals surface area (Å²) < 4.78 is 14.0. The zero-order valence-corrected chi connectivity index (χ0v) is 16.5. The van der Waals surface area contributed by atoms with E-state index in [9.17, 15) is 9.18 Å². The zero-order chi connectivity index (χ0) is 19.5. The van der Waals surface area contributed by atoms with Crippen LogP contribution in [0.25, 0.3) is 0 Å². The predicted molar refractivity (Wildman–Crippen MR) is 107 cm³/mol. The first-order chi connectivity index (χ1) is 13.6. The maximum Gasteiger partial charge on any atom is 0.219 e. The third-order valence-corrected chi connectivity index (χ3v) is 6.17. The van der Waals surface area contributed by atoms with Gasteiger partial charge in [0.25, 0.3) is 0 Å². The molecule has 0 spiro atoms. The molecule has 4 rings (SSSR count). The number of aromatic nitrogens is 1. The molecule has 148 valence electrons. The third kappa shape index (κ3) is 4.09. The van der Waals surface area contributed by atoms with Gasteiger partial charge in [0.1, 0.15) is 5.82 Å². The first-order valence-electron chi connectivity index (χ1n) is 10.3. The van der Waals surface area contributed by atoms with Crippen molar-refractivity contribution in [3.63, 3.8) is 0 Å². The summed E-state index contributed by atoms with van der Waals surface area (Å²) in [4.78, 5) is 21.0. The fraction of sp³-hybridized carbons (Fsp3) is 0.478. The number of hydrogen-bond acceptors (Lipinski definition) is 3. The van der Waals surface area contributed by atoms with Crippen LogP contribution in [-0.2, 0) is 11.2 Å². The number of carbonyl (C=O) groups excluding carboxylic acids is 1. The Labute approximate surface area is 166 Å². The van der Waals surface area contributed by atoms with Gasteiger partial charge in [-0.25, -0.2) is 4.39 Å². The van der Waals surface area contributed by atoms with Crippen LogP contribution in [0.3, 0.4) is 0 Å². The van der Waals surface area contributed by atoms with Gasteiger partial charge >= 0.3 is 0 Å². The number of likely N-dealkylation sites (tertiary alicyclic amines) is 2. The van der Waals surface area contributed by atoms with E-state index >= 15 is 0 Å². The molecule has 28 heavy (non-hydrogen) atoms. The van der Waals surface area contributed by atoms with E-state index in [2.05, 4.69) is 11.0 Å². The molecule has 0 aliphatic carbocycles. The zero-order valence-electron chi connectivity index (χ0n) is 16.5. The summed E-state index contributed by atoms with van der Waals surface area (Å²) in [5, 5.41) is 0. The van der Waals surface area contributed by atoms with Gasteiger partial charge in [0.05, 0.1) is 11.7 Å². The lowest BCUT2D eigenvalue weighted by molar-refractivity contribution is -0.130. The molecule has 1 atom stereocenters. The van der Waals surface area contributed by atoms with Crippen molar-refractivity contribution in [1.29, 1.82) is 0 Å². The fourth-order valence-corrected chi connectivity index (χ4v) is 4.68. The van der Waals surface area contributed by atoms with Crippen LogP contribution >= 0.6 is 0 Å². The fourth-order valence-electron chi connectivity index (χ4n) is 4.68. The van der Waals surface area contributed by atoms with E-state index in [0.29, 0.717) is 24.1 Å². The molecule has 1 aromatic carbocycles. The summed E-state index contributed by atoms with van der Waals surface area (Å²) in [5.74, 6) is 0.00774. The first-order valence-corrected chi connectivity index (χ1v) is 10.3. The number of halogens is 1. The van der Waals surface area contributed by atoms with Gasteiger partial charge in [-0.3, -0.25) is 14.7 Å².